The molecule has 1 fully saturated rings. The van der Waals surface area contributed by atoms with Gasteiger partial charge in [-0.3, -0.25) is 9.59 Å². The summed E-state index contributed by atoms with van der Waals surface area (Å²) in [5.41, 5.74) is 5.99. The van der Waals surface area contributed by atoms with Crippen LogP contribution >= 0.6 is 0 Å². The number of anilines is 1. The van der Waals surface area contributed by atoms with E-state index in [1.165, 1.54) is 6.92 Å². The van der Waals surface area contributed by atoms with Gasteiger partial charge in [0.25, 0.3) is 5.91 Å². The summed E-state index contributed by atoms with van der Waals surface area (Å²) in [6.07, 6.45) is 0.346. The normalized spacial score (nSPS) is 16.1. The van der Waals surface area contributed by atoms with Gasteiger partial charge in [-0.2, -0.15) is 0 Å². The summed E-state index contributed by atoms with van der Waals surface area (Å²) in [4.78, 5) is 36.1. The molecule has 1 heterocycles. The fourth-order valence-corrected chi connectivity index (χ4v) is 2.01. The molecule has 0 unspecified atom stereocenters. The predicted molar refractivity (Wildman–Crippen MR) is 72.1 cm³/mol. The topological polar surface area (TPSA) is 89.7 Å². The number of amides is 2. The summed E-state index contributed by atoms with van der Waals surface area (Å²) in [5, 5.41) is 0. The van der Waals surface area contributed by atoms with Gasteiger partial charge in [0.15, 0.2) is 6.10 Å². The number of nitrogens with zero attached hydrogens (tertiary/aromatic N) is 1. The molecule has 0 radical (unpaired) electrons. The van der Waals surface area contributed by atoms with Gasteiger partial charge in [0.1, 0.15) is 0 Å². The van der Waals surface area contributed by atoms with Gasteiger partial charge in [0, 0.05) is 18.7 Å². The molecule has 1 atom stereocenters. The van der Waals surface area contributed by atoms with Gasteiger partial charge in [0.2, 0.25) is 5.91 Å². The van der Waals surface area contributed by atoms with E-state index in [2.05, 4.69) is 0 Å². The minimum absolute atomic E-state index is 0.0426. The maximum atomic E-state index is 11.9. The third kappa shape index (κ3) is 2.96. The van der Waals surface area contributed by atoms with Gasteiger partial charge in [-0.15, -0.1) is 0 Å². The highest BCUT2D eigenvalue weighted by Crippen LogP contribution is 2.22. The molecule has 1 aromatic carbocycles. The second kappa shape index (κ2) is 5.73. The summed E-state index contributed by atoms with van der Waals surface area (Å²) in [6.45, 7) is 2.06. The van der Waals surface area contributed by atoms with Gasteiger partial charge in [-0.1, -0.05) is 6.07 Å². The Kier molecular flexibility index (Phi) is 4.02. The summed E-state index contributed by atoms with van der Waals surface area (Å²) in [7, 11) is 0. The van der Waals surface area contributed by atoms with E-state index in [-0.39, 0.29) is 11.5 Å². The van der Waals surface area contributed by atoms with Crippen molar-refractivity contribution in [2.75, 3.05) is 11.4 Å². The van der Waals surface area contributed by atoms with Gasteiger partial charge in [-0.25, -0.2) is 4.79 Å². The second-order valence-electron chi connectivity index (χ2n) is 4.65. The van der Waals surface area contributed by atoms with Crippen LogP contribution in [-0.2, 0) is 14.3 Å². The minimum Gasteiger partial charge on any atom is -0.449 e. The zero-order valence-electron chi connectivity index (χ0n) is 11.2. The van der Waals surface area contributed by atoms with E-state index in [0.29, 0.717) is 18.7 Å². The van der Waals surface area contributed by atoms with Crippen LogP contribution in [0.2, 0.25) is 0 Å². The molecule has 0 spiro atoms. The zero-order chi connectivity index (χ0) is 14.7. The van der Waals surface area contributed by atoms with Crippen molar-refractivity contribution in [2.24, 2.45) is 5.73 Å². The molecule has 1 aromatic rings. The van der Waals surface area contributed by atoms with Gasteiger partial charge in [0.05, 0.1) is 5.56 Å². The molecule has 0 bridgehead atoms. The smallest absolute Gasteiger partial charge is 0.338 e. The Morgan fingerprint density at radius 3 is 2.75 bits per heavy atom. The Balaban J connectivity index is 2.15. The van der Waals surface area contributed by atoms with E-state index in [1.54, 1.807) is 29.2 Å². The van der Waals surface area contributed by atoms with E-state index in [4.69, 9.17) is 10.5 Å². The van der Waals surface area contributed by atoms with Crippen molar-refractivity contribution in [3.8, 4) is 0 Å². The molecule has 2 rings (SSSR count). The lowest BCUT2D eigenvalue weighted by molar-refractivity contribution is -0.125. The van der Waals surface area contributed by atoms with E-state index in [0.717, 1.165) is 6.42 Å². The van der Waals surface area contributed by atoms with Crippen LogP contribution in [0.5, 0.6) is 0 Å². The SMILES string of the molecule is C[C@@H](OC(=O)c1cccc(N2CCCC2=O)c1)C(N)=O. The highest BCUT2D eigenvalue weighted by molar-refractivity contribution is 5.98. The number of hydrogen-bond donors (Lipinski definition) is 1. The van der Waals surface area contributed by atoms with Crippen LogP contribution in [0.4, 0.5) is 5.69 Å². The maximum Gasteiger partial charge on any atom is 0.338 e. The van der Waals surface area contributed by atoms with Crippen molar-refractivity contribution in [3.05, 3.63) is 29.8 Å². The fourth-order valence-electron chi connectivity index (χ4n) is 2.01. The predicted octanol–water partition coefficient (Wildman–Crippen LogP) is 0.844. The molecule has 2 N–H and O–H groups in total. The summed E-state index contributed by atoms with van der Waals surface area (Å²) in [5.74, 6) is -1.30. The highest BCUT2D eigenvalue weighted by Gasteiger charge is 2.23. The number of benzene rings is 1. The monoisotopic (exact) mass is 276 g/mol. The van der Waals surface area contributed by atoms with Gasteiger partial charge < -0.3 is 15.4 Å². The molecule has 106 valence electrons. The first kappa shape index (κ1) is 14.0. The van der Waals surface area contributed by atoms with E-state index < -0.39 is 18.0 Å². The van der Waals surface area contributed by atoms with Crippen LogP contribution in [0.25, 0.3) is 0 Å². The average molecular weight is 276 g/mol. The third-order valence-electron chi connectivity index (χ3n) is 3.15. The minimum atomic E-state index is -0.987. The molecule has 6 nitrogen and oxygen atoms in total. The Morgan fingerprint density at radius 2 is 2.15 bits per heavy atom. The molecule has 0 aliphatic carbocycles. The first-order chi connectivity index (χ1) is 9.49. The van der Waals surface area contributed by atoms with Crippen LogP contribution in [-0.4, -0.2) is 30.4 Å². The number of rotatable bonds is 4. The second-order valence-corrected chi connectivity index (χ2v) is 4.65. The molecular weight excluding hydrogens is 260 g/mol. The highest BCUT2D eigenvalue weighted by atomic mass is 16.5. The molecule has 2 amide bonds. The molecule has 20 heavy (non-hydrogen) atoms. The number of primary amides is 1. The number of hydrogen-bond acceptors (Lipinski definition) is 4. The Bertz CT molecular complexity index is 556. The Hall–Kier alpha value is -2.37. The van der Waals surface area contributed by atoms with Gasteiger partial charge >= 0.3 is 5.97 Å². The molecule has 0 saturated carbocycles. The lowest BCUT2D eigenvalue weighted by atomic mass is 10.2. The fraction of sp³-hybridized carbons (Fsp3) is 0.357. The summed E-state index contributed by atoms with van der Waals surface area (Å²) >= 11 is 0. The largest absolute Gasteiger partial charge is 0.449 e. The lowest BCUT2D eigenvalue weighted by Crippen LogP contribution is -2.30. The van der Waals surface area contributed by atoms with Crippen molar-refractivity contribution in [1.82, 2.24) is 0 Å². The standard InChI is InChI=1S/C14H16N2O4/c1-9(13(15)18)20-14(19)10-4-2-5-11(8-10)16-7-3-6-12(16)17/h2,4-5,8-9H,3,6-7H2,1H3,(H2,15,18)/t9-/m1/s1. The first-order valence-corrected chi connectivity index (χ1v) is 6.40. The first-order valence-electron chi connectivity index (χ1n) is 6.40. The van der Waals surface area contributed by atoms with Crippen molar-refractivity contribution >= 4 is 23.5 Å². The quantitative estimate of drug-likeness (QED) is 0.825. The molecule has 1 saturated heterocycles. The summed E-state index contributed by atoms with van der Waals surface area (Å²) < 4.78 is 4.93. The van der Waals surface area contributed by atoms with Crippen molar-refractivity contribution in [1.29, 1.82) is 0 Å². The maximum absolute atomic E-state index is 11.9. The van der Waals surface area contributed by atoms with E-state index >= 15 is 0 Å². The average Bonchev–Trinajstić information content (AvgIpc) is 2.85. The van der Waals surface area contributed by atoms with Crippen molar-refractivity contribution in [3.63, 3.8) is 0 Å². The van der Waals surface area contributed by atoms with E-state index in [9.17, 15) is 14.4 Å². The zero-order valence-corrected chi connectivity index (χ0v) is 11.2. The van der Waals surface area contributed by atoms with Crippen LogP contribution in [0.15, 0.2) is 24.3 Å². The number of ether oxygens (including phenoxy) is 1. The molecular formula is C14H16N2O4. The van der Waals surface area contributed by atoms with Crippen LogP contribution < -0.4 is 10.6 Å². The van der Waals surface area contributed by atoms with E-state index in [1.807, 2.05) is 0 Å². The Morgan fingerprint density at radius 1 is 1.40 bits per heavy atom. The van der Waals surface area contributed by atoms with Crippen molar-refractivity contribution < 1.29 is 19.1 Å². The number of carbonyl (C=O) groups excluding carboxylic acids is 3. The summed E-state index contributed by atoms with van der Waals surface area (Å²) in [6, 6.07) is 6.59. The molecule has 1 aliphatic rings. The number of esters is 1. The third-order valence-corrected chi connectivity index (χ3v) is 3.15. The molecule has 1 aliphatic heterocycles. The number of nitrogens with two attached hydrogens (primary N) is 1. The van der Waals surface area contributed by atoms with Crippen LogP contribution in [0, 0.1) is 0 Å². The van der Waals surface area contributed by atoms with Gasteiger partial charge in [-0.05, 0) is 31.5 Å². The van der Waals surface area contributed by atoms with Crippen molar-refractivity contribution in [2.45, 2.75) is 25.9 Å². The van der Waals surface area contributed by atoms with Crippen LogP contribution in [0.1, 0.15) is 30.1 Å². The number of carbonyl (C=O) groups is 3. The van der Waals surface area contributed by atoms with Crippen LogP contribution in [0.3, 0.4) is 0 Å². The Labute approximate surface area is 116 Å². The lowest BCUT2D eigenvalue weighted by Gasteiger charge is -2.16. The molecule has 0 aromatic heterocycles. The molecule has 6 heteroatoms.